The largest absolute Gasteiger partial charge is 0.516 e. The van der Waals surface area contributed by atoms with Crippen LogP contribution in [0.25, 0.3) is 0 Å². The molecule has 4 nitrogen and oxygen atoms in total. The van der Waals surface area contributed by atoms with Crippen LogP contribution in [0.5, 0.6) is 0 Å². The van der Waals surface area contributed by atoms with Crippen molar-refractivity contribution in [3.05, 3.63) is 53.6 Å². The molecule has 0 aromatic heterocycles. The maximum absolute atomic E-state index is 12.4. The van der Waals surface area contributed by atoms with Gasteiger partial charge in [0.25, 0.3) is 0 Å². The van der Waals surface area contributed by atoms with Gasteiger partial charge in [-0.15, -0.1) is 0 Å². The van der Waals surface area contributed by atoms with E-state index in [1.807, 2.05) is 11.5 Å². The molecule has 1 aromatic carbocycles. The molecule has 1 aromatic rings. The Morgan fingerprint density at radius 1 is 1.19 bits per heavy atom. The van der Waals surface area contributed by atoms with Gasteiger partial charge >= 0.3 is 15.5 Å². The lowest BCUT2D eigenvalue weighted by atomic mass is 10.2. The van der Waals surface area contributed by atoms with Crippen molar-refractivity contribution in [3.8, 4) is 0 Å². The summed E-state index contributed by atoms with van der Waals surface area (Å²) >= 11 is 1.36. The van der Waals surface area contributed by atoms with E-state index in [0.717, 1.165) is 0 Å². The summed E-state index contributed by atoms with van der Waals surface area (Å²) in [6.45, 7) is 0.266. The van der Waals surface area contributed by atoms with Crippen molar-refractivity contribution in [1.82, 2.24) is 4.31 Å². The minimum Gasteiger partial charge on any atom is -0.315 e. The fourth-order valence-corrected chi connectivity index (χ4v) is 2.83. The quantitative estimate of drug-likeness (QED) is 0.856. The number of hydrogen-bond acceptors (Lipinski definition) is 4. The molecule has 0 unspecified atom stereocenters. The van der Waals surface area contributed by atoms with Crippen molar-refractivity contribution in [2.75, 3.05) is 4.72 Å². The molecule has 0 radical (unpaired) electrons. The topological polar surface area (TPSA) is 49.4 Å². The number of hydrogen-bond donors (Lipinski definition) is 1. The van der Waals surface area contributed by atoms with Crippen LogP contribution in [0.3, 0.4) is 0 Å². The van der Waals surface area contributed by atoms with Gasteiger partial charge < -0.3 is 4.31 Å². The molecule has 2 rings (SSSR count). The summed E-state index contributed by atoms with van der Waals surface area (Å²) in [5.74, 6) is 0. The molecule has 21 heavy (non-hydrogen) atoms. The van der Waals surface area contributed by atoms with E-state index in [-0.39, 0.29) is 12.2 Å². The third-order valence-electron chi connectivity index (χ3n) is 2.53. The van der Waals surface area contributed by atoms with Gasteiger partial charge in [0.05, 0.1) is 12.2 Å². The van der Waals surface area contributed by atoms with E-state index in [1.54, 1.807) is 33.4 Å². The number of nitrogens with zero attached hydrogens (tertiary/aromatic N) is 1. The SMILES string of the molecule is O=S(=O)(Nc1ccccc1CN1C=CC=CS1)C(F)(F)F. The Morgan fingerprint density at radius 3 is 2.52 bits per heavy atom. The molecule has 0 atom stereocenters. The van der Waals surface area contributed by atoms with Crippen molar-refractivity contribution >= 4 is 27.7 Å². The second-order valence-electron chi connectivity index (χ2n) is 4.06. The zero-order chi connectivity index (χ0) is 15.5. The fraction of sp³-hybridized carbons (Fsp3) is 0.167. The highest BCUT2D eigenvalue weighted by molar-refractivity contribution is 8.00. The highest BCUT2D eigenvalue weighted by Gasteiger charge is 2.46. The van der Waals surface area contributed by atoms with Crippen molar-refractivity contribution in [2.45, 2.75) is 12.1 Å². The monoisotopic (exact) mass is 336 g/mol. The molecule has 0 spiro atoms. The molecule has 0 saturated carbocycles. The van der Waals surface area contributed by atoms with E-state index in [0.29, 0.717) is 5.56 Å². The third kappa shape index (κ3) is 3.94. The minimum absolute atomic E-state index is 0.0848. The molecule has 0 bridgehead atoms. The summed E-state index contributed by atoms with van der Waals surface area (Å²) in [5, 5.41) is 1.81. The first-order valence-corrected chi connectivity index (χ1v) is 8.05. The van der Waals surface area contributed by atoms with Crippen LogP contribution >= 0.6 is 11.9 Å². The van der Waals surface area contributed by atoms with Gasteiger partial charge in [-0.3, -0.25) is 4.72 Å². The van der Waals surface area contributed by atoms with E-state index < -0.39 is 15.5 Å². The van der Waals surface area contributed by atoms with E-state index >= 15 is 0 Å². The molecule has 9 heteroatoms. The molecule has 1 N–H and O–H groups in total. The zero-order valence-electron chi connectivity index (χ0n) is 10.5. The highest BCUT2D eigenvalue weighted by atomic mass is 32.2. The molecule has 114 valence electrons. The summed E-state index contributed by atoms with van der Waals surface area (Å²) in [6.07, 6.45) is 5.35. The van der Waals surface area contributed by atoms with Crippen molar-refractivity contribution in [2.24, 2.45) is 0 Å². The smallest absolute Gasteiger partial charge is 0.315 e. The highest BCUT2D eigenvalue weighted by Crippen LogP contribution is 2.29. The molecule has 1 aliphatic rings. The lowest BCUT2D eigenvalue weighted by Gasteiger charge is -2.21. The second kappa shape index (κ2) is 6.02. The van der Waals surface area contributed by atoms with Gasteiger partial charge in [0, 0.05) is 6.20 Å². The fourth-order valence-electron chi connectivity index (χ4n) is 1.56. The number of anilines is 1. The lowest BCUT2D eigenvalue weighted by Crippen LogP contribution is -2.30. The molecule has 0 saturated heterocycles. The van der Waals surface area contributed by atoms with Crippen LogP contribution in [0.4, 0.5) is 18.9 Å². The van der Waals surface area contributed by atoms with E-state index in [4.69, 9.17) is 0 Å². The van der Waals surface area contributed by atoms with Gasteiger partial charge in [0.15, 0.2) is 0 Å². The number of nitrogens with one attached hydrogen (secondary N) is 1. The summed E-state index contributed by atoms with van der Waals surface area (Å²) in [4.78, 5) is 0. The molecule has 0 fully saturated rings. The van der Waals surface area contributed by atoms with Crippen LogP contribution in [0.15, 0.2) is 48.0 Å². The van der Waals surface area contributed by atoms with E-state index in [2.05, 4.69) is 0 Å². The van der Waals surface area contributed by atoms with Gasteiger partial charge in [-0.05, 0) is 35.1 Å². The number of benzene rings is 1. The normalized spacial score (nSPS) is 15.3. The maximum Gasteiger partial charge on any atom is 0.516 e. The first-order chi connectivity index (χ1) is 9.79. The number of alkyl halides is 3. The minimum atomic E-state index is -5.42. The predicted molar refractivity (Wildman–Crippen MR) is 76.5 cm³/mol. The van der Waals surface area contributed by atoms with Crippen LogP contribution in [0.1, 0.15) is 5.56 Å². The van der Waals surface area contributed by atoms with Gasteiger partial charge in [0.1, 0.15) is 0 Å². The average molecular weight is 336 g/mol. The number of sulfonamides is 1. The average Bonchev–Trinajstić information content (AvgIpc) is 2.40. The Bertz CT molecular complexity index is 669. The van der Waals surface area contributed by atoms with Gasteiger partial charge in [-0.2, -0.15) is 21.6 Å². The summed E-state index contributed by atoms with van der Waals surface area (Å²) < 4.78 is 63.0. The lowest BCUT2D eigenvalue weighted by molar-refractivity contribution is -0.0429. The van der Waals surface area contributed by atoms with Crippen LogP contribution < -0.4 is 4.72 Å². The third-order valence-corrected chi connectivity index (χ3v) is 4.43. The first kappa shape index (κ1) is 15.8. The Hall–Kier alpha value is -1.61. The van der Waals surface area contributed by atoms with Gasteiger partial charge in [0.2, 0.25) is 0 Å². The maximum atomic E-state index is 12.4. The van der Waals surface area contributed by atoms with Gasteiger partial charge in [-0.25, -0.2) is 0 Å². The summed E-state index contributed by atoms with van der Waals surface area (Å²) in [7, 11) is -5.42. The molecular formula is C12H11F3N2O2S2. The second-order valence-corrected chi connectivity index (χ2v) is 6.68. The summed E-state index contributed by atoms with van der Waals surface area (Å²) in [6, 6.07) is 5.97. The Morgan fingerprint density at radius 2 is 1.90 bits per heavy atom. The van der Waals surface area contributed by atoms with E-state index in [1.165, 1.54) is 24.1 Å². The van der Waals surface area contributed by atoms with Crippen LogP contribution in [0.2, 0.25) is 0 Å². The Kier molecular flexibility index (Phi) is 4.52. The molecule has 0 amide bonds. The van der Waals surface area contributed by atoms with Crippen molar-refractivity contribution in [3.63, 3.8) is 0 Å². The molecule has 0 aliphatic carbocycles. The zero-order valence-corrected chi connectivity index (χ0v) is 12.2. The van der Waals surface area contributed by atoms with Crippen molar-refractivity contribution < 1.29 is 21.6 Å². The first-order valence-electron chi connectivity index (χ1n) is 5.73. The van der Waals surface area contributed by atoms with E-state index in [9.17, 15) is 21.6 Å². The number of allylic oxidation sites excluding steroid dienone is 2. The van der Waals surface area contributed by atoms with Crippen LogP contribution in [-0.2, 0) is 16.6 Å². The van der Waals surface area contributed by atoms with Crippen molar-refractivity contribution in [1.29, 1.82) is 0 Å². The summed E-state index contributed by atoms with van der Waals surface area (Å²) in [5.41, 5.74) is -4.99. The number of para-hydroxylation sites is 1. The van der Waals surface area contributed by atoms with Gasteiger partial charge in [-0.1, -0.05) is 24.3 Å². The standard InChI is InChI=1S/C12H11F3N2O2S2/c13-12(14,15)21(18,19)16-11-6-2-1-5-10(11)9-17-7-3-4-8-20-17/h1-8,16H,9H2. The number of halogens is 3. The molecular weight excluding hydrogens is 325 g/mol. The van der Waals surface area contributed by atoms with Crippen LogP contribution in [0, 0.1) is 0 Å². The number of rotatable bonds is 4. The Balaban J connectivity index is 2.21. The predicted octanol–water partition coefficient (Wildman–Crippen LogP) is 3.44. The molecule has 1 aliphatic heterocycles. The Labute approximate surface area is 124 Å². The van der Waals surface area contributed by atoms with Crippen LogP contribution in [-0.4, -0.2) is 18.2 Å². The molecule has 1 heterocycles.